The lowest BCUT2D eigenvalue weighted by atomic mass is 9.94. The molecule has 0 aliphatic rings. The van der Waals surface area contributed by atoms with Gasteiger partial charge in [-0.3, -0.25) is 4.98 Å². The van der Waals surface area contributed by atoms with Crippen molar-refractivity contribution in [2.45, 2.75) is 0 Å². The first-order chi connectivity index (χ1) is 17.8. The van der Waals surface area contributed by atoms with Crippen LogP contribution in [0.15, 0.2) is 152 Å². The van der Waals surface area contributed by atoms with Crippen LogP contribution in [0.25, 0.3) is 55.8 Å². The first-order valence-corrected chi connectivity index (χ1v) is 12.2. The van der Waals surface area contributed by atoms with Crippen molar-refractivity contribution in [3.05, 3.63) is 152 Å². The fourth-order valence-electron chi connectivity index (χ4n) is 4.66. The van der Waals surface area contributed by atoms with Crippen LogP contribution in [0.3, 0.4) is 0 Å². The number of hydrogen-bond donors (Lipinski definition) is 0. The molecule has 1 heterocycles. The quantitative estimate of drug-likeness (QED) is 0.250. The number of rotatable bonds is 5. The summed E-state index contributed by atoms with van der Waals surface area (Å²) in [4.78, 5) is 4.51. The lowest BCUT2D eigenvalue weighted by molar-refractivity contribution is 1.33. The van der Waals surface area contributed by atoms with Crippen molar-refractivity contribution in [1.29, 1.82) is 0 Å². The highest BCUT2D eigenvalue weighted by Gasteiger charge is 2.07. The SMILES string of the molecule is c1ccc(-c2cccc(-c3cccc(-c4cccc(-c5cccc(-c6ccccn6)c5)c4)c3)c2)cc1. The number of pyridine rings is 1. The predicted molar refractivity (Wildman–Crippen MR) is 151 cm³/mol. The fourth-order valence-corrected chi connectivity index (χ4v) is 4.66. The van der Waals surface area contributed by atoms with E-state index >= 15 is 0 Å². The van der Waals surface area contributed by atoms with Crippen LogP contribution in [0.1, 0.15) is 0 Å². The van der Waals surface area contributed by atoms with Gasteiger partial charge < -0.3 is 0 Å². The van der Waals surface area contributed by atoms with E-state index in [2.05, 4.69) is 132 Å². The third kappa shape index (κ3) is 4.60. The van der Waals surface area contributed by atoms with E-state index in [1.165, 1.54) is 44.5 Å². The minimum absolute atomic E-state index is 0.987. The monoisotopic (exact) mass is 459 g/mol. The summed E-state index contributed by atoms with van der Waals surface area (Å²) in [7, 11) is 0. The van der Waals surface area contributed by atoms with Gasteiger partial charge in [-0.2, -0.15) is 0 Å². The third-order valence-corrected chi connectivity index (χ3v) is 6.52. The van der Waals surface area contributed by atoms with Gasteiger partial charge in [-0.1, -0.05) is 109 Å². The average Bonchev–Trinajstić information content (AvgIpc) is 2.98. The zero-order valence-corrected chi connectivity index (χ0v) is 19.9. The molecule has 6 rings (SSSR count). The molecule has 5 aromatic carbocycles. The van der Waals surface area contributed by atoms with Crippen LogP contribution in [-0.4, -0.2) is 4.98 Å². The number of nitrogens with zero attached hydrogens (tertiary/aromatic N) is 1. The lowest BCUT2D eigenvalue weighted by Crippen LogP contribution is -1.86. The molecule has 0 bridgehead atoms. The summed E-state index contributed by atoms with van der Waals surface area (Å²) in [6.07, 6.45) is 1.84. The van der Waals surface area contributed by atoms with E-state index < -0.39 is 0 Å². The smallest absolute Gasteiger partial charge is 0.0702 e. The van der Waals surface area contributed by atoms with Crippen LogP contribution in [0.5, 0.6) is 0 Å². The normalized spacial score (nSPS) is 10.8. The maximum absolute atomic E-state index is 4.51. The van der Waals surface area contributed by atoms with Crippen LogP contribution in [-0.2, 0) is 0 Å². The lowest BCUT2D eigenvalue weighted by Gasteiger charge is -2.10. The average molecular weight is 460 g/mol. The summed E-state index contributed by atoms with van der Waals surface area (Å²) < 4.78 is 0. The summed E-state index contributed by atoms with van der Waals surface area (Å²) >= 11 is 0. The number of aromatic nitrogens is 1. The predicted octanol–water partition coefficient (Wildman–Crippen LogP) is 9.42. The van der Waals surface area contributed by atoms with Gasteiger partial charge in [0, 0.05) is 11.8 Å². The van der Waals surface area contributed by atoms with Crippen molar-refractivity contribution in [2.24, 2.45) is 0 Å². The van der Waals surface area contributed by atoms with Gasteiger partial charge in [0.25, 0.3) is 0 Å². The van der Waals surface area contributed by atoms with Crippen molar-refractivity contribution >= 4 is 0 Å². The van der Waals surface area contributed by atoms with E-state index in [1.807, 2.05) is 24.4 Å². The van der Waals surface area contributed by atoms with Crippen molar-refractivity contribution in [2.75, 3.05) is 0 Å². The van der Waals surface area contributed by atoms with Crippen LogP contribution in [0.2, 0.25) is 0 Å². The van der Waals surface area contributed by atoms with Gasteiger partial charge in [0.1, 0.15) is 0 Å². The van der Waals surface area contributed by atoms with E-state index in [4.69, 9.17) is 0 Å². The Morgan fingerprint density at radius 1 is 0.278 bits per heavy atom. The summed E-state index contributed by atoms with van der Waals surface area (Å²) in [6, 6.07) is 51.5. The molecule has 36 heavy (non-hydrogen) atoms. The first kappa shape index (κ1) is 21.8. The summed E-state index contributed by atoms with van der Waals surface area (Å²) in [6.45, 7) is 0. The Labute approximate surface area is 212 Å². The maximum Gasteiger partial charge on any atom is 0.0702 e. The molecule has 0 aliphatic carbocycles. The summed E-state index contributed by atoms with van der Waals surface area (Å²) in [5.74, 6) is 0. The van der Waals surface area contributed by atoms with Crippen LogP contribution >= 0.6 is 0 Å². The van der Waals surface area contributed by atoms with Gasteiger partial charge >= 0.3 is 0 Å². The molecular formula is C35H25N. The van der Waals surface area contributed by atoms with Gasteiger partial charge in [-0.05, 0) is 80.9 Å². The van der Waals surface area contributed by atoms with E-state index in [1.54, 1.807) is 0 Å². The first-order valence-electron chi connectivity index (χ1n) is 12.2. The molecule has 0 aliphatic heterocycles. The van der Waals surface area contributed by atoms with Gasteiger partial charge in [0.2, 0.25) is 0 Å². The molecule has 6 aromatic rings. The molecule has 0 N–H and O–H groups in total. The minimum Gasteiger partial charge on any atom is -0.256 e. The van der Waals surface area contributed by atoms with Crippen LogP contribution < -0.4 is 0 Å². The molecule has 0 spiro atoms. The molecule has 0 fully saturated rings. The Morgan fingerprint density at radius 3 is 1.08 bits per heavy atom. The molecule has 0 radical (unpaired) electrons. The molecular weight excluding hydrogens is 434 g/mol. The Balaban J connectivity index is 1.34. The third-order valence-electron chi connectivity index (χ3n) is 6.52. The van der Waals surface area contributed by atoms with E-state index in [0.717, 1.165) is 11.3 Å². The molecule has 1 aromatic heterocycles. The Morgan fingerprint density at radius 2 is 0.639 bits per heavy atom. The molecule has 1 nitrogen and oxygen atoms in total. The highest BCUT2D eigenvalue weighted by molar-refractivity contribution is 5.80. The Bertz CT molecular complexity index is 1490. The Kier molecular flexibility index (Phi) is 5.96. The second kappa shape index (κ2) is 9.85. The van der Waals surface area contributed by atoms with Crippen molar-refractivity contribution < 1.29 is 0 Å². The second-order valence-corrected chi connectivity index (χ2v) is 8.90. The van der Waals surface area contributed by atoms with Crippen molar-refractivity contribution in [1.82, 2.24) is 4.98 Å². The zero-order valence-electron chi connectivity index (χ0n) is 19.9. The second-order valence-electron chi connectivity index (χ2n) is 8.90. The summed E-state index contributed by atoms with van der Waals surface area (Å²) in [5, 5.41) is 0. The maximum atomic E-state index is 4.51. The molecule has 0 amide bonds. The molecule has 0 saturated heterocycles. The highest BCUT2D eigenvalue weighted by atomic mass is 14.7. The molecule has 0 unspecified atom stereocenters. The highest BCUT2D eigenvalue weighted by Crippen LogP contribution is 2.32. The van der Waals surface area contributed by atoms with Gasteiger partial charge in [-0.15, -0.1) is 0 Å². The van der Waals surface area contributed by atoms with E-state index in [9.17, 15) is 0 Å². The molecule has 0 atom stereocenters. The van der Waals surface area contributed by atoms with Gasteiger partial charge in [0.15, 0.2) is 0 Å². The molecule has 1 heteroatoms. The molecule has 170 valence electrons. The van der Waals surface area contributed by atoms with Gasteiger partial charge in [-0.25, -0.2) is 0 Å². The van der Waals surface area contributed by atoms with Crippen molar-refractivity contribution in [3.8, 4) is 55.8 Å². The topological polar surface area (TPSA) is 12.9 Å². The van der Waals surface area contributed by atoms with E-state index in [0.29, 0.717) is 0 Å². The Hall–Kier alpha value is -4.75. The van der Waals surface area contributed by atoms with Gasteiger partial charge in [0.05, 0.1) is 5.69 Å². The van der Waals surface area contributed by atoms with Crippen LogP contribution in [0.4, 0.5) is 0 Å². The summed E-state index contributed by atoms with van der Waals surface area (Å²) in [5.41, 5.74) is 11.8. The zero-order chi connectivity index (χ0) is 24.2. The largest absolute Gasteiger partial charge is 0.256 e. The standard InChI is InChI=1S/C35H25N/c1-2-10-26(11-3-1)27-12-6-13-28(22-27)29-14-7-15-30(23-29)31-16-8-17-32(24-31)33-18-9-19-34(25-33)35-20-4-5-21-36-35/h1-25H. The number of benzene rings is 5. The van der Waals surface area contributed by atoms with Crippen molar-refractivity contribution in [3.63, 3.8) is 0 Å². The van der Waals surface area contributed by atoms with E-state index in [-0.39, 0.29) is 0 Å². The molecule has 0 saturated carbocycles. The fraction of sp³-hybridized carbons (Fsp3) is 0. The number of hydrogen-bond acceptors (Lipinski definition) is 1. The van der Waals surface area contributed by atoms with Crippen LogP contribution in [0, 0.1) is 0 Å². The minimum atomic E-state index is 0.987.